The van der Waals surface area contributed by atoms with E-state index in [1.54, 1.807) is 0 Å². The molecule has 0 saturated carbocycles. The van der Waals surface area contributed by atoms with Crippen LogP contribution in [0.3, 0.4) is 0 Å². The topological polar surface area (TPSA) is 73.8 Å². The largest absolute Gasteiger partial charge is 0.316 e. The first-order valence-corrected chi connectivity index (χ1v) is 6.55. The molecule has 18 heavy (non-hydrogen) atoms. The third-order valence-corrected chi connectivity index (χ3v) is 4.30. The predicted molar refractivity (Wildman–Crippen MR) is 65.9 cm³/mol. The van der Waals surface area contributed by atoms with Crippen LogP contribution in [-0.2, 0) is 9.59 Å². The van der Waals surface area contributed by atoms with Gasteiger partial charge in [-0.2, -0.15) is 0 Å². The SMILES string of the molecule is CN1C2CCCC1CC(N=C1NC(=O)C(=O)N1)C2. The molecule has 0 radical (unpaired) electrons. The monoisotopic (exact) mass is 250 g/mol. The molecule has 0 aromatic heterocycles. The maximum atomic E-state index is 11.1. The fourth-order valence-electron chi connectivity index (χ4n) is 3.30. The summed E-state index contributed by atoms with van der Waals surface area (Å²) in [6, 6.07) is 1.41. The predicted octanol–water partition coefficient (Wildman–Crippen LogP) is -0.396. The number of amides is 2. The van der Waals surface area contributed by atoms with Gasteiger partial charge in [-0.15, -0.1) is 0 Å². The van der Waals surface area contributed by atoms with Crippen molar-refractivity contribution in [3.05, 3.63) is 0 Å². The van der Waals surface area contributed by atoms with Crippen molar-refractivity contribution in [1.82, 2.24) is 15.5 Å². The van der Waals surface area contributed by atoms with Gasteiger partial charge in [-0.05, 0) is 32.7 Å². The molecule has 2 N–H and O–H groups in total. The molecule has 98 valence electrons. The van der Waals surface area contributed by atoms with Crippen LogP contribution >= 0.6 is 0 Å². The maximum Gasteiger partial charge on any atom is 0.316 e. The van der Waals surface area contributed by atoms with Crippen LogP contribution in [0.4, 0.5) is 0 Å². The van der Waals surface area contributed by atoms with E-state index >= 15 is 0 Å². The second-order valence-corrected chi connectivity index (χ2v) is 5.42. The average molecular weight is 250 g/mol. The van der Waals surface area contributed by atoms with Gasteiger partial charge in [0.2, 0.25) is 5.96 Å². The lowest BCUT2D eigenvalue weighted by Gasteiger charge is -2.46. The first-order chi connectivity index (χ1) is 8.63. The van der Waals surface area contributed by atoms with E-state index in [2.05, 4.69) is 27.6 Å². The molecule has 0 aliphatic carbocycles. The minimum absolute atomic E-state index is 0.213. The van der Waals surface area contributed by atoms with Crippen LogP contribution in [0.2, 0.25) is 0 Å². The highest BCUT2D eigenvalue weighted by Gasteiger charge is 2.36. The van der Waals surface area contributed by atoms with Gasteiger partial charge < -0.3 is 4.90 Å². The molecule has 3 rings (SSSR count). The van der Waals surface area contributed by atoms with Crippen LogP contribution < -0.4 is 10.6 Å². The highest BCUT2D eigenvalue weighted by molar-refractivity contribution is 6.45. The molecule has 2 amide bonds. The van der Waals surface area contributed by atoms with Gasteiger partial charge in [0.1, 0.15) is 0 Å². The Bertz CT molecular complexity index is 388. The molecule has 6 nitrogen and oxygen atoms in total. The Hall–Kier alpha value is -1.43. The molecule has 6 heteroatoms. The van der Waals surface area contributed by atoms with Crippen molar-refractivity contribution in [2.75, 3.05) is 7.05 Å². The van der Waals surface area contributed by atoms with Gasteiger partial charge in [-0.1, -0.05) is 6.42 Å². The molecule has 3 fully saturated rings. The fourth-order valence-corrected chi connectivity index (χ4v) is 3.30. The third kappa shape index (κ3) is 2.01. The summed E-state index contributed by atoms with van der Waals surface area (Å²) >= 11 is 0. The summed E-state index contributed by atoms with van der Waals surface area (Å²) in [6.07, 6.45) is 5.79. The Morgan fingerprint density at radius 3 is 2.22 bits per heavy atom. The summed E-state index contributed by atoms with van der Waals surface area (Å²) in [4.78, 5) is 29.1. The number of hydrogen-bond donors (Lipinski definition) is 2. The van der Waals surface area contributed by atoms with Crippen LogP contribution in [0.25, 0.3) is 0 Å². The summed E-state index contributed by atoms with van der Waals surface area (Å²) in [5, 5.41) is 4.93. The number of carbonyl (C=O) groups is 2. The van der Waals surface area contributed by atoms with Crippen molar-refractivity contribution < 1.29 is 9.59 Å². The van der Waals surface area contributed by atoms with Gasteiger partial charge in [-0.3, -0.25) is 20.2 Å². The summed E-state index contributed by atoms with van der Waals surface area (Å²) < 4.78 is 0. The zero-order valence-corrected chi connectivity index (χ0v) is 10.5. The third-order valence-electron chi connectivity index (χ3n) is 4.30. The standard InChI is InChI=1S/C12H18N4O2/c1-16-8-3-2-4-9(16)6-7(5-8)13-12-14-10(17)11(18)15-12/h7-9H,2-6H2,1H3,(H2,13,14,15,17,18). The van der Waals surface area contributed by atoms with Gasteiger partial charge >= 0.3 is 11.8 Å². The Kier molecular flexibility index (Phi) is 2.81. The number of carbonyl (C=O) groups excluding carboxylic acids is 2. The number of hydrogen-bond acceptors (Lipinski definition) is 4. The molecule has 3 aliphatic rings. The maximum absolute atomic E-state index is 11.1. The van der Waals surface area contributed by atoms with Crippen LogP contribution in [-0.4, -0.2) is 47.8 Å². The summed E-state index contributed by atoms with van der Waals surface area (Å²) in [6.45, 7) is 0. The van der Waals surface area contributed by atoms with Gasteiger partial charge in [-0.25, -0.2) is 4.99 Å². The Morgan fingerprint density at radius 2 is 1.67 bits per heavy atom. The normalized spacial score (nSPS) is 36.3. The fraction of sp³-hybridized carbons (Fsp3) is 0.750. The molecular weight excluding hydrogens is 232 g/mol. The number of aliphatic imine (C=N–C) groups is 1. The molecule has 3 saturated heterocycles. The molecule has 0 aromatic rings. The number of rotatable bonds is 1. The van der Waals surface area contributed by atoms with Crippen LogP contribution in [0.15, 0.2) is 4.99 Å². The summed E-state index contributed by atoms with van der Waals surface area (Å²) in [5.74, 6) is -0.888. The molecular formula is C12H18N4O2. The minimum atomic E-state index is -0.609. The first kappa shape index (κ1) is 11.6. The molecule has 0 aromatic carbocycles. The van der Waals surface area contributed by atoms with Gasteiger partial charge in [0, 0.05) is 12.1 Å². The van der Waals surface area contributed by atoms with Crippen LogP contribution in [0.5, 0.6) is 0 Å². The van der Waals surface area contributed by atoms with E-state index in [1.807, 2.05) is 0 Å². The van der Waals surface area contributed by atoms with Crippen molar-refractivity contribution in [1.29, 1.82) is 0 Å². The molecule has 2 bridgehead atoms. The zero-order valence-electron chi connectivity index (χ0n) is 10.5. The Morgan fingerprint density at radius 1 is 1.11 bits per heavy atom. The summed E-state index contributed by atoms with van der Waals surface area (Å²) in [5.41, 5.74) is 0. The van der Waals surface area contributed by atoms with Crippen molar-refractivity contribution >= 4 is 17.8 Å². The quantitative estimate of drug-likeness (QED) is 0.622. The second-order valence-electron chi connectivity index (χ2n) is 5.42. The number of nitrogens with zero attached hydrogens (tertiary/aromatic N) is 2. The highest BCUT2D eigenvalue weighted by Crippen LogP contribution is 2.33. The van der Waals surface area contributed by atoms with Crippen molar-refractivity contribution in [3.8, 4) is 0 Å². The van der Waals surface area contributed by atoms with E-state index in [-0.39, 0.29) is 6.04 Å². The lowest BCUT2D eigenvalue weighted by molar-refractivity contribution is -0.135. The minimum Gasteiger partial charge on any atom is -0.300 e. The summed E-state index contributed by atoms with van der Waals surface area (Å²) in [7, 11) is 2.19. The van der Waals surface area contributed by atoms with E-state index < -0.39 is 11.8 Å². The number of piperidine rings is 2. The van der Waals surface area contributed by atoms with Crippen LogP contribution in [0.1, 0.15) is 32.1 Å². The lowest BCUT2D eigenvalue weighted by atomic mass is 9.82. The Balaban J connectivity index is 1.70. The number of fused-ring (bicyclic) bond motifs is 2. The van der Waals surface area contributed by atoms with E-state index in [9.17, 15) is 9.59 Å². The molecule has 2 unspecified atom stereocenters. The molecule has 3 heterocycles. The van der Waals surface area contributed by atoms with Crippen molar-refractivity contribution in [2.45, 2.75) is 50.2 Å². The second kappa shape index (κ2) is 4.35. The van der Waals surface area contributed by atoms with Crippen LogP contribution in [0, 0.1) is 0 Å². The smallest absolute Gasteiger partial charge is 0.300 e. The van der Waals surface area contributed by atoms with E-state index in [0.717, 1.165) is 12.8 Å². The van der Waals surface area contributed by atoms with Gasteiger partial charge in [0.25, 0.3) is 0 Å². The Labute approximate surface area is 106 Å². The molecule has 0 spiro atoms. The van der Waals surface area contributed by atoms with E-state index in [1.165, 1.54) is 19.3 Å². The number of guanidine groups is 1. The highest BCUT2D eigenvalue weighted by atomic mass is 16.2. The van der Waals surface area contributed by atoms with Gasteiger partial charge in [0.05, 0.1) is 6.04 Å². The molecule has 2 atom stereocenters. The van der Waals surface area contributed by atoms with Crippen molar-refractivity contribution in [3.63, 3.8) is 0 Å². The van der Waals surface area contributed by atoms with E-state index in [4.69, 9.17) is 0 Å². The zero-order chi connectivity index (χ0) is 12.7. The first-order valence-electron chi connectivity index (χ1n) is 6.55. The van der Waals surface area contributed by atoms with Gasteiger partial charge in [0.15, 0.2) is 0 Å². The molecule has 3 aliphatic heterocycles. The average Bonchev–Trinajstić information content (AvgIpc) is 2.59. The lowest BCUT2D eigenvalue weighted by Crippen LogP contribution is -2.51. The van der Waals surface area contributed by atoms with E-state index in [0.29, 0.717) is 18.0 Å². The van der Waals surface area contributed by atoms with Crippen molar-refractivity contribution in [2.24, 2.45) is 4.99 Å². The number of nitrogens with one attached hydrogen (secondary N) is 2.